The number of ether oxygens (including phenoxy) is 2. The first-order chi connectivity index (χ1) is 11.5. The fourth-order valence-electron chi connectivity index (χ4n) is 2.61. The second kappa shape index (κ2) is 7.23. The lowest BCUT2D eigenvalue weighted by atomic mass is 10.1. The van der Waals surface area contributed by atoms with Gasteiger partial charge in [0, 0.05) is 12.1 Å². The number of benzene rings is 2. The molecule has 0 amide bonds. The molecule has 1 aliphatic rings. The van der Waals surface area contributed by atoms with E-state index in [9.17, 15) is 8.42 Å². The van der Waals surface area contributed by atoms with Gasteiger partial charge in [-0.15, -0.1) is 0 Å². The number of rotatable bonds is 6. The molecule has 2 aromatic rings. The van der Waals surface area contributed by atoms with Crippen LogP contribution in [0.1, 0.15) is 18.9 Å². The molecule has 6 heteroatoms. The van der Waals surface area contributed by atoms with Crippen molar-refractivity contribution in [1.29, 1.82) is 0 Å². The molecule has 0 radical (unpaired) electrons. The van der Waals surface area contributed by atoms with Crippen molar-refractivity contribution in [1.82, 2.24) is 4.72 Å². The molecule has 1 aliphatic heterocycles. The summed E-state index contributed by atoms with van der Waals surface area (Å²) in [5.41, 5.74) is 1.20. The van der Waals surface area contributed by atoms with Gasteiger partial charge in [-0.2, -0.15) is 0 Å². The van der Waals surface area contributed by atoms with Gasteiger partial charge in [0.2, 0.25) is 10.0 Å². The number of fused-ring (bicyclic) bond motifs is 1. The number of hydrogen-bond acceptors (Lipinski definition) is 4. The molecular formula is C18H21NO4S. The first kappa shape index (κ1) is 16.8. The summed E-state index contributed by atoms with van der Waals surface area (Å²) < 4.78 is 38.7. The number of aryl methyl sites for hydroxylation is 1. The van der Waals surface area contributed by atoms with Crippen LogP contribution in [0, 0.1) is 0 Å². The van der Waals surface area contributed by atoms with Crippen molar-refractivity contribution in [2.45, 2.75) is 30.7 Å². The summed E-state index contributed by atoms with van der Waals surface area (Å²) >= 11 is 0. The molecule has 128 valence electrons. The topological polar surface area (TPSA) is 64.6 Å². The van der Waals surface area contributed by atoms with Gasteiger partial charge in [-0.25, -0.2) is 13.1 Å². The Kier molecular flexibility index (Phi) is 5.06. The van der Waals surface area contributed by atoms with Crippen LogP contribution in [0.15, 0.2) is 53.4 Å². The van der Waals surface area contributed by atoms with Gasteiger partial charge in [0.15, 0.2) is 11.5 Å². The Labute approximate surface area is 142 Å². The van der Waals surface area contributed by atoms with E-state index in [1.165, 1.54) is 11.6 Å². The van der Waals surface area contributed by atoms with Gasteiger partial charge < -0.3 is 9.47 Å². The summed E-state index contributed by atoms with van der Waals surface area (Å²) in [5, 5.41) is 0. The van der Waals surface area contributed by atoms with E-state index in [-0.39, 0.29) is 10.9 Å². The van der Waals surface area contributed by atoms with Crippen molar-refractivity contribution in [3.05, 3.63) is 54.1 Å². The maximum Gasteiger partial charge on any atom is 0.240 e. The molecule has 0 saturated carbocycles. The molecule has 24 heavy (non-hydrogen) atoms. The molecule has 0 aliphatic carbocycles. The van der Waals surface area contributed by atoms with Crippen molar-refractivity contribution in [2.24, 2.45) is 0 Å². The fraction of sp³-hybridized carbons (Fsp3) is 0.333. The molecule has 0 saturated heterocycles. The second-order valence-electron chi connectivity index (χ2n) is 5.85. The van der Waals surface area contributed by atoms with Crippen LogP contribution in [-0.4, -0.2) is 27.7 Å². The van der Waals surface area contributed by atoms with Crippen LogP contribution in [0.4, 0.5) is 0 Å². The van der Waals surface area contributed by atoms with Gasteiger partial charge in [0.1, 0.15) is 13.2 Å². The third kappa shape index (κ3) is 4.07. The van der Waals surface area contributed by atoms with Crippen molar-refractivity contribution in [3.8, 4) is 11.5 Å². The molecule has 1 heterocycles. The Morgan fingerprint density at radius 3 is 2.50 bits per heavy atom. The number of hydrogen-bond donors (Lipinski definition) is 1. The summed E-state index contributed by atoms with van der Waals surface area (Å²) in [4.78, 5) is 0.193. The van der Waals surface area contributed by atoms with Crippen molar-refractivity contribution in [3.63, 3.8) is 0 Å². The normalized spacial score (nSPS) is 15.0. The quantitative estimate of drug-likeness (QED) is 0.873. The van der Waals surface area contributed by atoms with Gasteiger partial charge in [-0.3, -0.25) is 0 Å². The molecular weight excluding hydrogens is 326 g/mol. The lowest BCUT2D eigenvalue weighted by Gasteiger charge is -2.19. The molecule has 5 nitrogen and oxygen atoms in total. The minimum absolute atomic E-state index is 0.164. The zero-order chi connectivity index (χ0) is 17.0. The highest BCUT2D eigenvalue weighted by Gasteiger charge is 2.21. The zero-order valence-electron chi connectivity index (χ0n) is 13.6. The maximum atomic E-state index is 12.5. The molecule has 1 unspecified atom stereocenters. The van der Waals surface area contributed by atoms with Crippen molar-refractivity contribution in [2.75, 3.05) is 13.2 Å². The smallest absolute Gasteiger partial charge is 0.240 e. The van der Waals surface area contributed by atoms with Gasteiger partial charge in [-0.05, 0) is 37.5 Å². The third-order valence-corrected chi connectivity index (χ3v) is 5.48. The SMILES string of the molecule is CC(CCc1ccccc1)NS(=O)(=O)c1ccc2c(c1)OCCO2. The molecule has 3 rings (SSSR count). The molecule has 0 spiro atoms. The standard InChI is InChI=1S/C18H21NO4S/c1-14(7-8-15-5-3-2-4-6-15)19-24(20,21)16-9-10-17-18(13-16)23-12-11-22-17/h2-6,9-10,13-14,19H,7-8,11-12H2,1H3. The van der Waals surface area contributed by atoms with Gasteiger partial charge in [-0.1, -0.05) is 30.3 Å². The Hall–Kier alpha value is -2.05. The van der Waals surface area contributed by atoms with Crippen molar-refractivity contribution < 1.29 is 17.9 Å². The Morgan fingerprint density at radius 1 is 1.04 bits per heavy atom. The zero-order valence-corrected chi connectivity index (χ0v) is 14.4. The minimum Gasteiger partial charge on any atom is -0.486 e. The van der Waals surface area contributed by atoms with Gasteiger partial charge >= 0.3 is 0 Å². The van der Waals surface area contributed by atoms with E-state index in [2.05, 4.69) is 4.72 Å². The third-order valence-electron chi connectivity index (χ3n) is 3.89. The minimum atomic E-state index is -3.58. The largest absolute Gasteiger partial charge is 0.486 e. The van der Waals surface area contributed by atoms with Crippen LogP contribution in [0.3, 0.4) is 0 Å². The molecule has 0 fully saturated rings. The molecule has 1 atom stereocenters. The summed E-state index contributed by atoms with van der Waals surface area (Å²) in [6.45, 7) is 2.78. The fourth-order valence-corrected chi connectivity index (χ4v) is 3.90. The predicted molar refractivity (Wildman–Crippen MR) is 92.0 cm³/mol. The van der Waals surface area contributed by atoms with E-state index in [4.69, 9.17) is 9.47 Å². The monoisotopic (exact) mass is 347 g/mol. The van der Waals surface area contributed by atoms with Crippen LogP contribution in [0.2, 0.25) is 0 Å². The van der Waals surface area contributed by atoms with E-state index in [0.29, 0.717) is 24.7 Å². The maximum absolute atomic E-state index is 12.5. The highest BCUT2D eigenvalue weighted by Crippen LogP contribution is 2.32. The molecule has 0 aromatic heterocycles. The lowest BCUT2D eigenvalue weighted by Crippen LogP contribution is -2.33. The van der Waals surface area contributed by atoms with Crippen LogP contribution < -0.4 is 14.2 Å². The molecule has 2 aromatic carbocycles. The van der Waals surface area contributed by atoms with Crippen molar-refractivity contribution >= 4 is 10.0 Å². The van der Waals surface area contributed by atoms with Crippen LogP contribution in [-0.2, 0) is 16.4 Å². The number of sulfonamides is 1. The van der Waals surface area contributed by atoms with Crippen LogP contribution >= 0.6 is 0 Å². The van der Waals surface area contributed by atoms with Gasteiger partial charge in [0.25, 0.3) is 0 Å². The van der Waals surface area contributed by atoms with Gasteiger partial charge in [0.05, 0.1) is 4.90 Å². The van der Waals surface area contributed by atoms with E-state index >= 15 is 0 Å². The summed E-state index contributed by atoms with van der Waals surface area (Å²) in [5.74, 6) is 1.05. The highest BCUT2D eigenvalue weighted by molar-refractivity contribution is 7.89. The average Bonchev–Trinajstić information content (AvgIpc) is 2.60. The average molecular weight is 347 g/mol. The first-order valence-electron chi connectivity index (χ1n) is 8.00. The highest BCUT2D eigenvalue weighted by atomic mass is 32.2. The van der Waals surface area contributed by atoms with E-state index in [1.54, 1.807) is 12.1 Å². The van der Waals surface area contributed by atoms with Crippen LogP contribution in [0.5, 0.6) is 11.5 Å². The number of nitrogens with one attached hydrogen (secondary N) is 1. The summed E-state index contributed by atoms with van der Waals surface area (Å²) in [7, 11) is -3.58. The van der Waals surface area contributed by atoms with E-state index < -0.39 is 10.0 Å². The Morgan fingerprint density at radius 2 is 1.75 bits per heavy atom. The van der Waals surface area contributed by atoms with E-state index in [0.717, 1.165) is 12.8 Å². The lowest BCUT2D eigenvalue weighted by molar-refractivity contribution is 0.171. The van der Waals surface area contributed by atoms with E-state index in [1.807, 2.05) is 37.3 Å². The van der Waals surface area contributed by atoms with Crippen LogP contribution in [0.25, 0.3) is 0 Å². The Balaban J connectivity index is 1.65. The first-order valence-corrected chi connectivity index (χ1v) is 9.49. The summed E-state index contributed by atoms with van der Waals surface area (Å²) in [6, 6.07) is 14.6. The summed E-state index contributed by atoms with van der Waals surface area (Å²) in [6.07, 6.45) is 1.56. The molecule has 0 bridgehead atoms. The molecule has 1 N–H and O–H groups in total. The predicted octanol–water partition coefficient (Wildman–Crippen LogP) is 2.76. The Bertz CT molecular complexity index is 790. The second-order valence-corrected chi connectivity index (χ2v) is 7.57.